The van der Waals surface area contributed by atoms with Crippen molar-refractivity contribution in [3.05, 3.63) is 23.8 Å². The lowest BCUT2D eigenvalue weighted by molar-refractivity contribution is 0.0187. The second kappa shape index (κ2) is 4.94. The molecule has 0 amide bonds. The van der Waals surface area contributed by atoms with Gasteiger partial charge in [-0.05, 0) is 43.5 Å². The van der Waals surface area contributed by atoms with Crippen molar-refractivity contribution >= 4 is 11.4 Å². The van der Waals surface area contributed by atoms with Crippen molar-refractivity contribution in [2.45, 2.75) is 32.0 Å². The summed E-state index contributed by atoms with van der Waals surface area (Å²) < 4.78 is 0. The summed E-state index contributed by atoms with van der Waals surface area (Å²) in [5, 5.41) is 19.2. The summed E-state index contributed by atoms with van der Waals surface area (Å²) in [4.78, 5) is 2.19. The number of hydrogen-bond acceptors (Lipinski definition) is 4. The van der Waals surface area contributed by atoms with Crippen LogP contribution in [0.15, 0.2) is 18.2 Å². The summed E-state index contributed by atoms with van der Waals surface area (Å²) in [6.45, 7) is 3.52. The molecule has 17 heavy (non-hydrogen) atoms. The summed E-state index contributed by atoms with van der Waals surface area (Å²) in [5.41, 5.74) is 8.76. The molecule has 4 nitrogen and oxygen atoms in total. The first-order valence-corrected chi connectivity index (χ1v) is 6.05. The molecule has 2 atom stereocenters. The number of hydrogen-bond donors (Lipinski definition) is 3. The van der Waals surface area contributed by atoms with E-state index in [1.807, 2.05) is 19.1 Å². The molecule has 4 N–H and O–H groups in total. The van der Waals surface area contributed by atoms with Crippen LogP contribution >= 0.6 is 0 Å². The van der Waals surface area contributed by atoms with Crippen molar-refractivity contribution in [2.24, 2.45) is 0 Å². The molecule has 94 valence electrons. The van der Waals surface area contributed by atoms with Gasteiger partial charge in [0.25, 0.3) is 0 Å². The van der Waals surface area contributed by atoms with Gasteiger partial charge < -0.3 is 20.8 Å². The highest BCUT2D eigenvalue weighted by molar-refractivity contribution is 5.58. The van der Waals surface area contributed by atoms with Crippen LogP contribution in [0.25, 0.3) is 0 Å². The molecule has 0 spiro atoms. The number of aryl methyl sites for hydroxylation is 1. The number of aliphatic hydroxyl groups is 2. The number of aliphatic hydroxyl groups excluding tert-OH is 2. The molecule has 1 aliphatic rings. The van der Waals surface area contributed by atoms with E-state index in [2.05, 4.69) is 11.0 Å². The standard InChI is InChI=1S/C13H20N2O2/c1-9-8-10(2-3-11(9)14)15-6-4-12(16)13(17)5-7-15/h2-3,8,12-13,16-17H,4-7,14H2,1H3. The van der Waals surface area contributed by atoms with Crippen molar-refractivity contribution in [3.63, 3.8) is 0 Å². The van der Waals surface area contributed by atoms with Gasteiger partial charge in [-0.3, -0.25) is 0 Å². The van der Waals surface area contributed by atoms with Crippen LogP contribution in [-0.4, -0.2) is 35.5 Å². The molecule has 1 aliphatic heterocycles. The van der Waals surface area contributed by atoms with Crippen LogP contribution in [-0.2, 0) is 0 Å². The third-order valence-corrected chi connectivity index (χ3v) is 3.45. The Morgan fingerprint density at radius 2 is 1.76 bits per heavy atom. The minimum absolute atomic E-state index is 0.602. The molecule has 0 bridgehead atoms. The second-order valence-corrected chi connectivity index (χ2v) is 4.74. The lowest BCUT2D eigenvalue weighted by atomic mass is 10.1. The smallest absolute Gasteiger partial charge is 0.0816 e. The zero-order valence-electron chi connectivity index (χ0n) is 10.1. The van der Waals surface area contributed by atoms with Gasteiger partial charge in [0.05, 0.1) is 12.2 Å². The Hall–Kier alpha value is -1.26. The summed E-state index contributed by atoms with van der Waals surface area (Å²) in [6, 6.07) is 5.95. The largest absolute Gasteiger partial charge is 0.399 e. The van der Waals surface area contributed by atoms with Gasteiger partial charge in [-0.2, -0.15) is 0 Å². The van der Waals surface area contributed by atoms with Crippen molar-refractivity contribution in [1.82, 2.24) is 0 Å². The summed E-state index contributed by atoms with van der Waals surface area (Å²) >= 11 is 0. The zero-order chi connectivity index (χ0) is 12.4. The fraction of sp³-hybridized carbons (Fsp3) is 0.538. The Bertz CT molecular complexity index is 383. The van der Waals surface area contributed by atoms with E-state index in [9.17, 15) is 10.2 Å². The van der Waals surface area contributed by atoms with E-state index in [0.717, 1.165) is 30.0 Å². The quantitative estimate of drug-likeness (QED) is 0.634. The molecular weight excluding hydrogens is 216 g/mol. The number of rotatable bonds is 1. The van der Waals surface area contributed by atoms with Crippen LogP contribution in [0.1, 0.15) is 18.4 Å². The summed E-state index contributed by atoms with van der Waals surface area (Å²) in [5.74, 6) is 0. The third kappa shape index (κ3) is 2.70. The fourth-order valence-electron chi connectivity index (χ4n) is 2.19. The molecule has 2 rings (SSSR count). The Labute approximate surface area is 102 Å². The van der Waals surface area contributed by atoms with E-state index >= 15 is 0 Å². The van der Waals surface area contributed by atoms with Crippen LogP contribution in [0.4, 0.5) is 11.4 Å². The molecule has 1 aromatic carbocycles. The highest BCUT2D eigenvalue weighted by Gasteiger charge is 2.22. The zero-order valence-corrected chi connectivity index (χ0v) is 10.1. The Morgan fingerprint density at radius 3 is 2.29 bits per heavy atom. The van der Waals surface area contributed by atoms with E-state index < -0.39 is 12.2 Å². The topological polar surface area (TPSA) is 69.7 Å². The minimum atomic E-state index is -0.602. The molecule has 1 fully saturated rings. The van der Waals surface area contributed by atoms with Crippen LogP contribution in [0, 0.1) is 6.92 Å². The van der Waals surface area contributed by atoms with Crippen LogP contribution in [0.5, 0.6) is 0 Å². The Kier molecular flexibility index (Phi) is 3.54. The van der Waals surface area contributed by atoms with Crippen molar-refractivity contribution in [2.75, 3.05) is 23.7 Å². The number of nitrogens with two attached hydrogens (primary N) is 1. The highest BCUT2D eigenvalue weighted by atomic mass is 16.3. The normalized spacial score (nSPS) is 25.7. The predicted octanol–water partition coefficient (Wildman–Crippen LogP) is 0.899. The average molecular weight is 236 g/mol. The van der Waals surface area contributed by atoms with Crippen molar-refractivity contribution in [1.29, 1.82) is 0 Å². The monoisotopic (exact) mass is 236 g/mol. The van der Waals surface area contributed by atoms with Gasteiger partial charge >= 0.3 is 0 Å². The minimum Gasteiger partial charge on any atom is -0.399 e. The maximum Gasteiger partial charge on any atom is 0.0816 e. The van der Waals surface area contributed by atoms with E-state index in [1.165, 1.54) is 0 Å². The lowest BCUT2D eigenvalue weighted by Gasteiger charge is -2.23. The molecule has 4 heteroatoms. The molecule has 2 unspecified atom stereocenters. The van der Waals surface area contributed by atoms with E-state index in [1.54, 1.807) is 0 Å². The molecule has 0 radical (unpaired) electrons. The maximum absolute atomic E-state index is 9.62. The van der Waals surface area contributed by atoms with E-state index in [4.69, 9.17) is 5.73 Å². The maximum atomic E-state index is 9.62. The van der Waals surface area contributed by atoms with E-state index in [0.29, 0.717) is 12.8 Å². The van der Waals surface area contributed by atoms with Gasteiger partial charge in [-0.25, -0.2) is 0 Å². The van der Waals surface area contributed by atoms with Crippen LogP contribution in [0.3, 0.4) is 0 Å². The molecular formula is C13H20N2O2. The first-order valence-electron chi connectivity index (χ1n) is 6.05. The SMILES string of the molecule is Cc1cc(N2CCC(O)C(O)CC2)ccc1N. The Balaban J connectivity index is 2.14. The van der Waals surface area contributed by atoms with Crippen molar-refractivity contribution in [3.8, 4) is 0 Å². The second-order valence-electron chi connectivity index (χ2n) is 4.74. The number of benzene rings is 1. The molecule has 1 heterocycles. The highest BCUT2D eigenvalue weighted by Crippen LogP contribution is 2.23. The number of anilines is 2. The van der Waals surface area contributed by atoms with Gasteiger partial charge in [0, 0.05) is 24.5 Å². The molecule has 0 aromatic heterocycles. The lowest BCUT2D eigenvalue weighted by Crippen LogP contribution is -2.24. The molecule has 0 saturated carbocycles. The fourth-order valence-corrected chi connectivity index (χ4v) is 2.19. The van der Waals surface area contributed by atoms with E-state index in [-0.39, 0.29) is 0 Å². The number of nitrogen functional groups attached to an aromatic ring is 1. The molecule has 0 aliphatic carbocycles. The van der Waals surface area contributed by atoms with Gasteiger partial charge in [0.15, 0.2) is 0 Å². The molecule has 1 saturated heterocycles. The first-order chi connectivity index (χ1) is 8.08. The Morgan fingerprint density at radius 1 is 1.18 bits per heavy atom. The average Bonchev–Trinajstić information content (AvgIpc) is 2.47. The van der Waals surface area contributed by atoms with Gasteiger partial charge in [0.1, 0.15) is 0 Å². The van der Waals surface area contributed by atoms with Crippen LogP contribution in [0.2, 0.25) is 0 Å². The van der Waals surface area contributed by atoms with Crippen LogP contribution < -0.4 is 10.6 Å². The van der Waals surface area contributed by atoms with Crippen molar-refractivity contribution < 1.29 is 10.2 Å². The van der Waals surface area contributed by atoms with Gasteiger partial charge in [-0.1, -0.05) is 0 Å². The number of nitrogens with zero attached hydrogens (tertiary/aromatic N) is 1. The van der Waals surface area contributed by atoms with Gasteiger partial charge in [0.2, 0.25) is 0 Å². The predicted molar refractivity (Wildman–Crippen MR) is 69.1 cm³/mol. The van der Waals surface area contributed by atoms with Gasteiger partial charge in [-0.15, -0.1) is 0 Å². The summed E-state index contributed by atoms with van der Waals surface area (Å²) in [7, 11) is 0. The summed E-state index contributed by atoms with van der Waals surface area (Å²) in [6.07, 6.45) is -0.000375. The third-order valence-electron chi connectivity index (χ3n) is 3.45. The molecule has 1 aromatic rings. The first kappa shape index (κ1) is 12.2.